The van der Waals surface area contributed by atoms with Crippen LogP contribution in [0.2, 0.25) is 0 Å². The van der Waals surface area contributed by atoms with E-state index in [1.807, 2.05) is 20.8 Å². The van der Waals surface area contributed by atoms with E-state index in [-0.39, 0.29) is 19.2 Å². The normalized spacial score (nSPS) is 15.0. The summed E-state index contributed by atoms with van der Waals surface area (Å²) in [6, 6.07) is -0.899. The second kappa shape index (κ2) is 10.1. The molecule has 0 bridgehead atoms. The third kappa shape index (κ3) is 7.21. The molecule has 0 aliphatic carbocycles. The van der Waals surface area contributed by atoms with Gasteiger partial charge in [0.2, 0.25) is 0 Å². The Labute approximate surface area is 166 Å². The van der Waals surface area contributed by atoms with Crippen molar-refractivity contribution >= 4 is 24.0 Å². The van der Waals surface area contributed by atoms with Crippen LogP contribution in [-0.2, 0) is 19.1 Å². The SMILES string of the molecule is CCCN(C(=O)OC[C@H](CNC(=O)OC(C)(C)C)N1C(=O)C=CC1=O)C(C)C. The second-order valence-corrected chi connectivity index (χ2v) is 7.78. The molecule has 1 aliphatic heterocycles. The van der Waals surface area contributed by atoms with Gasteiger partial charge in [0.05, 0.1) is 6.04 Å². The second-order valence-electron chi connectivity index (χ2n) is 7.78. The zero-order valence-corrected chi connectivity index (χ0v) is 17.5. The number of ether oxygens (including phenoxy) is 2. The van der Waals surface area contributed by atoms with E-state index in [2.05, 4.69) is 5.32 Å². The summed E-state index contributed by atoms with van der Waals surface area (Å²) in [5, 5.41) is 2.52. The molecule has 0 fully saturated rings. The number of hydrogen-bond acceptors (Lipinski definition) is 6. The fraction of sp³-hybridized carbons (Fsp3) is 0.684. The van der Waals surface area contributed by atoms with Gasteiger partial charge >= 0.3 is 12.2 Å². The van der Waals surface area contributed by atoms with E-state index in [0.29, 0.717) is 6.54 Å². The molecule has 0 aromatic rings. The van der Waals surface area contributed by atoms with Crippen molar-refractivity contribution in [3.8, 4) is 0 Å². The summed E-state index contributed by atoms with van der Waals surface area (Å²) >= 11 is 0. The van der Waals surface area contributed by atoms with Crippen molar-refractivity contribution in [3.05, 3.63) is 12.2 Å². The molecular weight excluding hydrogens is 366 g/mol. The van der Waals surface area contributed by atoms with Crippen molar-refractivity contribution in [2.45, 2.75) is 65.6 Å². The summed E-state index contributed by atoms with van der Waals surface area (Å²) in [5.41, 5.74) is -0.690. The quantitative estimate of drug-likeness (QED) is 0.629. The van der Waals surface area contributed by atoms with Gasteiger partial charge in [-0.05, 0) is 41.0 Å². The van der Waals surface area contributed by atoms with Gasteiger partial charge in [-0.3, -0.25) is 14.5 Å². The molecule has 0 saturated heterocycles. The third-order valence-corrected chi connectivity index (χ3v) is 3.81. The molecule has 0 unspecified atom stereocenters. The van der Waals surface area contributed by atoms with Crippen molar-refractivity contribution in [1.82, 2.24) is 15.1 Å². The van der Waals surface area contributed by atoms with Crippen LogP contribution in [0.4, 0.5) is 9.59 Å². The average Bonchev–Trinajstić information content (AvgIpc) is 2.89. The lowest BCUT2D eigenvalue weighted by Gasteiger charge is -2.29. The van der Waals surface area contributed by atoms with Gasteiger partial charge in [0, 0.05) is 31.3 Å². The Morgan fingerprint density at radius 2 is 1.75 bits per heavy atom. The molecule has 0 spiro atoms. The Kier molecular flexibility index (Phi) is 8.46. The zero-order valence-electron chi connectivity index (χ0n) is 17.5. The molecule has 4 amide bonds. The smallest absolute Gasteiger partial charge is 0.410 e. The first kappa shape index (κ1) is 23.5. The van der Waals surface area contributed by atoms with Crippen LogP contribution in [0.5, 0.6) is 0 Å². The lowest BCUT2D eigenvalue weighted by Crippen LogP contribution is -2.51. The van der Waals surface area contributed by atoms with E-state index in [1.54, 1.807) is 25.7 Å². The number of carbonyl (C=O) groups excluding carboxylic acids is 4. The molecule has 9 nitrogen and oxygen atoms in total. The summed E-state index contributed by atoms with van der Waals surface area (Å²) in [5.74, 6) is -1.04. The average molecular weight is 397 g/mol. The van der Waals surface area contributed by atoms with Crippen LogP contribution in [0, 0.1) is 0 Å². The highest BCUT2D eigenvalue weighted by Crippen LogP contribution is 2.12. The van der Waals surface area contributed by atoms with Gasteiger partial charge in [-0.1, -0.05) is 6.92 Å². The van der Waals surface area contributed by atoms with Crippen molar-refractivity contribution in [3.63, 3.8) is 0 Å². The van der Waals surface area contributed by atoms with Gasteiger partial charge in [-0.15, -0.1) is 0 Å². The number of imide groups is 1. The fourth-order valence-electron chi connectivity index (χ4n) is 2.56. The lowest BCUT2D eigenvalue weighted by molar-refractivity contribution is -0.140. The van der Waals surface area contributed by atoms with Crippen LogP contribution in [0.25, 0.3) is 0 Å². The van der Waals surface area contributed by atoms with Gasteiger partial charge in [-0.25, -0.2) is 9.59 Å². The number of alkyl carbamates (subject to hydrolysis) is 1. The van der Waals surface area contributed by atoms with Gasteiger partial charge < -0.3 is 19.7 Å². The molecule has 1 aliphatic rings. The van der Waals surface area contributed by atoms with Crippen molar-refractivity contribution in [2.75, 3.05) is 19.7 Å². The van der Waals surface area contributed by atoms with E-state index in [1.165, 1.54) is 0 Å². The van der Waals surface area contributed by atoms with Crippen LogP contribution in [-0.4, -0.2) is 71.2 Å². The monoisotopic (exact) mass is 397 g/mol. The van der Waals surface area contributed by atoms with E-state index >= 15 is 0 Å². The molecule has 1 rings (SSSR count). The van der Waals surface area contributed by atoms with Crippen LogP contribution in [0.3, 0.4) is 0 Å². The van der Waals surface area contributed by atoms with Gasteiger partial charge in [0.25, 0.3) is 11.8 Å². The Morgan fingerprint density at radius 1 is 1.18 bits per heavy atom. The fourth-order valence-corrected chi connectivity index (χ4v) is 2.56. The molecular formula is C19H31N3O6. The standard InChI is InChI=1S/C19H31N3O6/c1-7-10-21(13(2)3)18(26)27-12-14(22-15(23)8-9-16(22)24)11-20-17(25)28-19(4,5)6/h8-9,13-14H,7,10-12H2,1-6H3,(H,20,25)/t14-/m0/s1. The molecule has 1 heterocycles. The number of carbonyl (C=O) groups is 4. The minimum atomic E-state index is -0.845. The van der Waals surface area contributed by atoms with Crippen LogP contribution < -0.4 is 5.32 Å². The molecule has 0 radical (unpaired) electrons. The van der Waals surface area contributed by atoms with Crippen molar-refractivity contribution < 1.29 is 28.7 Å². The van der Waals surface area contributed by atoms with Crippen molar-refractivity contribution in [1.29, 1.82) is 0 Å². The van der Waals surface area contributed by atoms with Crippen molar-refractivity contribution in [2.24, 2.45) is 0 Å². The summed E-state index contributed by atoms with van der Waals surface area (Å²) in [6.07, 6.45) is 1.82. The third-order valence-electron chi connectivity index (χ3n) is 3.81. The Balaban J connectivity index is 2.79. The van der Waals surface area contributed by atoms with Gasteiger partial charge in [-0.2, -0.15) is 0 Å². The summed E-state index contributed by atoms with van der Waals surface area (Å²) in [6.45, 7) is 11.0. The van der Waals surface area contributed by atoms with E-state index in [9.17, 15) is 19.2 Å². The minimum Gasteiger partial charge on any atom is -0.447 e. The van der Waals surface area contributed by atoms with Gasteiger partial charge in [0.1, 0.15) is 12.2 Å². The van der Waals surface area contributed by atoms with Gasteiger partial charge in [0.15, 0.2) is 0 Å². The molecule has 28 heavy (non-hydrogen) atoms. The van der Waals surface area contributed by atoms with Crippen LogP contribution >= 0.6 is 0 Å². The maximum Gasteiger partial charge on any atom is 0.410 e. The Bertz CT molecular complexity index is 606. The topological polar surface area (TPSA) is 105 Å². The number of amides is 4. The first-order valence-electron chi connectivity index (χ1n) is 9.41. The summed E-state index contributed by atoms with van der Waals surface area (Å²) in [7, 11) is 0. The predicted octanol–water partition coefficient (Wildman–Crippen LogP) is 2.06. The first-order valence-corrected chi connectivity index (χ1v) is 9.41. The molecule has 0 aromatic carbocycles. The maximum absolute atomic E-state index is 12.4. The number of hydrogen-bond donors (Lipinski definition) is 1. The number of nitrogens with zero attached hydrogens (tertiary/aromatic N) is 2. The highest BCUT2D eigenvalue weighted by molar-refractivity contribution is 6.13. The Hall–Kier alpha value is -2.58. The van der Waals surface area contributed by atoms with Crippen LogP contribution in [0.15, 0.2) is 12.2 Å². The Morgan fingerprint density at radius 3 is 2.21 bits per heavy atom. The highest BCUT2D eigenvalue weighted by atomic mass is 16.6. The molecule has 0 saturated carbocycles. The molecule has 158 valence electrons. The van der Waals surface area contributed by atoms with Crippen LogP contribution in [0.1, 0.15) is 48.0 Å². The predicted molar refractivity (Wildman–Crippen MR) is 102 cm³/mol. The van der Waals surface area contributed by atoms with E-state index < -0.39 is 35.6 Å². The highest BCUT2D eigenvalue weighted by Gasteiger charge is 2.33. The molecule has 0 aromatic heterocycles. The van der Waals surface area contributed by atoms with E-state index in [4.69, 9.17) is 9.47 Å². The van der Waals surface area contributed by atoms with E-state index in [0.717, 1.165) is 23.5 Å². The molecule has 9 heteroatoms. The number of nitrogens with one attached hydrogen (secondary N) is 1. The number of rotatable bonds is 8. The lowest BCUT2D eigenvalue weighted by atomic mass is 10.2. The molecule has 1 N–H and O–H groups in total. The minimum absolute atomic E-state index is 0.0532. The largest absolute Gasteiger partial charge is 0.447 e. The summed E-state index contributed by atoms with van der Waals surface area (Å²) in [4.78, 5) is 50.8. The summed E-state index contributed by atoms with van der Waals surface area (Å²) < 4.78 is 10.5. The zero-order chi connectivity index (χ0) is 21.5. The first-order chi connectivity index (χ1) is 13.0. The molecule has 1 atom stereocenters. The maximum atomic E-state index is 12.4.